The number of rotatable bonds is 5. The minimum absolute atomic E-state index is 0.0118. The number of halogens is 2. The highest BCUT2D eigenvalue weighted by molar-refractivity contribution is 5.93. The van der Waals surface area contributed by atoms with E-state index in [9.17, 15) is 13.6 Å². The van der Waals surface area contributed by atoms with E-state index in [0.29, 0.717) is 29.9 Å². The van der Waals surface area contributed by atoms with Crippen LogP contribution in [0.4, 0.5) is 14.5 Å². The van der Waals surface area contributed by atoms with Gasteiger partial charge >= 0.3 is 6.61 Å². The van der Waals surface area contributed by atoms with Crippen LogP contribution in [0.3, 0.4) is 0 Å². The van der Waals surface area contributed by atoms with Gasteiger partial charge in [-0.25, -0.2) is 0 Å². The molecule has 4 rings (SSSR count). The Morgan fingerprint density at radius 3 is 2.84 bits per heavy atom. The number of alkyl halides is 2. The molecule has 1 aromatic heterocycles. The second kappa shape index (κ2) is 6.13. The Morgan fingerprint density at radius 1 is 1.32 bits per heavy atom. The highest BCUT2D eigenvalue weighted by atomic mass is 19.3. The lowest BCUT2D eigenvalue weighted by Crippen LogP contribution is -2.29. The number of ether oxygens (including phenoxy) is 1. The number of hydrogen-bond acceptors (Lipinski definition) is 4. The molecule has 0 radical (unpaired) electrons. The van der Waals surface area contributed by atoms with Gasteiger partial charge in [0.1, 0.15) is 5.75 Å². The molecule has 25 heavy (non-hydrogen) atoms. The Hall–Kier alpha value is -2.44. The lowest BCUT2D eigenvalue weighted by atomic mass is 10.1. The van der Waals surface area contributed by atoms with Gasteiger partial charge in [-0.05, 0) is 44.0 Å². The smallest absolute Gasteiger partial charge is 0.387 e. The fourth-order valence-electron chi connectivity index (χ4n) is 3.42. The van der Waals surface area contributed by atoms with E-state index in [-0.39, 0.29) is 17.7 Å². The Labute approximate surface area is 144 Å². The van der Waals surface area contributed by atoms with Gasteiger partial charge in [0, 0.05) is 35.8 Å². The third-order valence-electron chi connectivity index (χ3n) is 4.64. The second-order valence-corrected chi connectivity index (χ2v) is 6.69. The molecule has 5 nitrogen and oxygen atoms in total. The van der Waals surface area contributed by atoms with Crippen molar-refractivity contribution in [2.75, 3.05) is 11.9 Å². The number of fused-ring (bicyclic) bond motifs is 1. The van der Waals surface area contributed by atoms with Gasteiger partial charge in [0.05, 0.1) is 11.6 Å². The van der Waals surface area contributed by atoms with Crippen LogP contribution in [0, 0.1) is 6.92 Å². The summed E-state index contributed by atoms with van der Waals surface area (Å²) in [6, 6.07) is 7.00. The number of carbonyl (C=O) groups excluding carboxylic acids is 1. The normalized spacial score (nSPS) is 20.6. The molecule has 2 heterocycles. The number of anilines is 1. The molecule has 1 aromatic carbocycles. The molecule has 1 saturated carbocycles. The average molecular weight is 347 g/mol. The monoisotopic (exact) mass is 347 g/mol. The Morgan fingerprint density at radius 2 is 2.12 bits per heavy atom. The van der Waals surface area contributed by atoms with E-state index in [1.807, 2.05) is 17.9 Å². The third kappa shape index (κ3) is 3.36. The van der Waals surface area contributed by atoms with Crippen molar-refractivity contribution in [2.24, 2.45) is 0 Å². The van der Waals surface area contributed by atoms with Gasteiger partial charge in [-0.2, -0.15) is 8.78 Å². The quantitative estimate of drug-likeness (QED) is 0.901. The summed E-state index contributed by atoms with van der Waals surface area (Å²) in [4.78, 5) is 18.5. The van der Waals surface area contributed by atoms with E-state index >= 15 is 0 Å². The zero-order valence-electron chi connectivity index (χ0n) is 13.8. The molecule has 2 aromatic rings. The van der Waals surface area contributed by atoms with E-state index in [2.05, 4.69) is 15.0 Å². The lowest BCUT2D eigenvalue weighted by molar-refractivity contribution is -0.128. The number of pyridine rings is 1. The molecule has 1 unspecified atom stereocenters. The fourth-order valence-corrected chi connectivity index (χ4v) is 3.42. The molecule has 2 fully saturated rings. The Balaban J connectivity index is 1.62. The van der Waals surface area contributed by atoms with E-state index in [1.54, 1.807) is 12.1 Å². The van der Waals surface area contributed by atoms with Crippen molar-refractivity contribution < 1.29 is 18.3 Å². The number of aromatic nitrogens is 1. The Bertz CT molecular complexity index is 823. The molecule has 7 heteroatoms. The zero-order chi connectivity index (χ0) is 17.6. The van der Waals surface area contributed by atoms with Gasteiger partial charge in [0.25, 0.3) is 0 Å². The maximum absolute atomic E-state index is 12.5. The SMILES string of the molecule is Cc1cc(NC2CC(=O)N(C3CC3)C2)c2cc(OC(F)F)ccc2n1. The summed E-state index contributed by atoms with van der Waals surface area (Å²) >= 11 is 0. The predicted molar refractivity (Wildman–Crippen MR) is 89.9 cm³/mol. The highest BCUT2D eigenvalue weighted by Gasteiger charge is 2.39. The molecule has 1 saturated heterocycles. The van der Waals surface area contributed by atoms with Crippen LogP contribution in [0.2, 0.25) is 0 Å². The van der Waals surface area contributed by atoms with Crippen molar-refractivity contribution in [3.8, 4) is 5.75 Å². The van der Waals surface area contributed by atoms with Gasteiger partial charge in [0.2, 0.25) is 5.91 Å². The van der Waals surface area contributed by atoms with E-state index in [1.165, 1.54) is 6.07 Å². The van der Waals surface area contributed by atoms with Gasteiger partial charge in [-0.3, -0.25) is 9.78 Å². The van der Waals surface area contributed by atoms with Gasteiger partial charge < -0.3 is 15.0 Å². The number of nitrogens with zero attached hydrogens (tertiary/aromatic N) is 2. The summed E-state index contributed by atoms with van der Waals surface area (Å²) in [5.74, 6) is 0.273. The van der Waals surface area contributed by atoms with Crippen LogP contribution in [0.25, 0.3) is 10.9 Å². The van der Waals surface area contributed by atoms with Crippen LogP contribution in [-0.2, 0) is 4.79 Å². The maximum Gasteiger partial charge on any atom is 0.387 e. The summed E-state index contributed by atoms with van der Waals surface area (Å²) < 4.78 is 29.5. The van der Waals surface area contributed by atoms with Crippen molar-refractivity contribution >= 4 is 22.5 Å². The largest absolute Gasteiger partial charge is 0.435 e. The molecule has 1 amide bonds. The summed E-state index contributed by atoms with van der Waals surface area (Å²) in [5, 5.41) is 4.11. The first kappa shape index (κ1) is 16.1. The van der Waals surface area contributed by atoms with E-state index in [4.69, 9.17) is 0 Å². The molecular weight excluding hydrogens is 328 g/mol. The molecule has 1 N–H and O–H groups in total. The molecule has 0 bridgehead atoms. The van der Waals surface area contributed by atoms with Gasteiger partial charge in [-0.15, -0.1) is 0 Å². The molecule has 2 aliphatic rings. The summed E-state index contributed by atoms with van der Waals surface area (Å²) in [6.45, 7) is -0.309. The van der Waals surface area contributed by atoms with Crippen LogP contribution in [0.15, 0.2) is 24.3 Å². The van der Waals surface area contributed by atoms with Crippen molar-refractivity contribution in [2.45, 2.75) is 44.9 Å². The van der Waals surface area contributed by atoms with E-state index < -0.39 is 6.61 Å². The average Bonchev–Trinajstić information content (AvgIpc) is 3.31. The van der Waals surface area contributed by atoms with Gasteiger partial charge in [0.15, 0.2) is 0 Å². The highest BCUT2D eigenvalue weighted by Crippen LogP contribution is 2.33. The molecule has 1 atom stereocenters. The van der Waals surface area contributed by atoms with Gasteiger partial charge in [-0.1, -0.05) is 0 Å². The number of nitrogens with one attached hydrogen (secondary N) is 1. The van der Waals surface area contributed by atoms with Crippen molar-refractivity contribution in [3.05, 3.63) is 30.0 Å². The zero-order valence-corrected chi connectivity index (χ0v) is 13.8. The number of hydrogen-bond donors (Lipinski definition) is 1. The van der Waals surface area contributed by atoms with Crippen molar-refractivity contribution in [3.63, 3.8) is 0 Å². The number of aryl methyl sites for hydroxylation is 1. The number of benzene rings is 1. The Kier molecular flexibility index (Phi) is 3.94. The summed E-state index contributed by atoms with van der Waals surface area (Å²) in [5.41, 5.74) is 2.31. The predicted octanol–water partition coefficient (Wildman–Crippen LogP) is 3.32. The maximum atomic E-state index is 12.5. The van der Waals surface area contributed by atoms with Crippen LogP contribution in [0.1, 0.15) is 25.0 Å². The third-order valence-corrected chi connectivity index (χ3v) is 4.64. The molecule has 1 aliphatic heterocycles. The van der Waals surface area contributed by atoms with Crippen molar-refractivity contribution in [1.82, 2.24) is 9.88 Å². The first-order valence-electron chi connectivity index (χ1n) is 8.42. The van der Waals surface area contributed by atoms with Crippen LogP contribution >= 0.6 is 0 Å². The number of amides is 1. The molecule has 0 spiro atoms. The first-order chi connectivity index (χ1) is 12.0. The fraction of sp³-hybridized carbons (Fsp3) is 0.444. The second-order valence-electron chi connectivity index (χ2n) is 6.69. The lowest BCUT2D eigenvalue weighted by Gasteiger charge is -2.18. The number of carbonyl (C=O) groups is 1. The van der Waals surface area contributed by atoms with Crippen molar-refractivity contribution in [1.29, 1.82) is 0 Å². The minimum atomic E-state index is -2.87. The number of likely N-dealkylation sites (tertiary alicyclic amines) is 1. The van der Waals surface area contributed by atoms with Crippen LogP contribution < -0.4 is 10.1 Å². The molecule has 132 valence electrons. The summed E-state index contributed by atoms with van der Waals surface area (Å²) in [6.07, 6.45) is 2.63. The molecule has 1 aliphatic carbocycles. The molecular formula is C18H19F2N3O2. The minimum Gasteiger partial charge on any atom is -0.435 e. The standard InChI is InChI=1S/C18H19F2N3O2/c1-10-6-16(22-11-7-17(24)23(9-11)12-2-3-12)14-8-13(25-18(19)20)4-5-15(14)21-10/h4-6,8,11-12,18H,2-3,7,9H2,1H3,(H,21,22). The first-order valence-corrected chi connectivity index (χ1v) is 8.42. The van der Waals surface area contributed by atoms with E-state index in [0.717, 1.165) is 24.2 Å². The topological polar surface area (TPSA) is 54.5 Å². The summed E-state index contributed by atoms with van der Waals surface area (Å²) in [7, 11) is 0. The van der Waals surface area contributed by atoms with Crippen LogP contribution in [0.5, 0.6) is 5.75 Å². The van der Waals surface area contributed by atoms with Crippen LogP contribution in [-0.4, -0.2) is 41.0 Å².